The molecule has 0 spiro atoms. The maximum Gasteiger partial charge on any atom is 0.244 e. The summed E-state index contributed by atoms with van der Waals surface area (Å²) in [5.74, 6) is -0.173. The van der Waals surface area contributed by atoms with E-state index in [1.807, 2.05) is 6.92 Å². The molecule has 0 aliphatic carbocycles. The van der Waals surface area contributed by atoms with Gasteiger partial charge in [-0.2, -0.15) is 4.31 Å². The van der Waals surface area contributed by atoms with E-state index in [0.717, 1.165) is 31.2 Å². The van der Waals surface area contributed by atoms with Crippen LogP contribution in [0, 0.1) is 6.92 Å². The number of pyridine rings is 1. The van der Waals surface area contributed by atoms with Crippen LogP contribution in [0.2, 0.25) is 5.02 Å². The molecule has 6 nitrogen and oxygen atoms in total. The number of amides is 1. The number of carbonyl (C=O) groups is 1. The van der Waals surface area contributed by atoms with E-state index in [4.69, 9.17) is 11.6 Å². The third kappa shape index (κ3) is 5.55. The van der Waals surface area contributed by atoms with Gasteiger partial charge in [-0.25, -0.2) is 13.4 Å². The van der Waals surface area contributed by atoms with Crippen LogP contribution >= 0.6 is 23.4 Å². The number of rotatable bonds is 6. The lowest BCUT2D eigenvalue weighted by atomic mass is 10.2. The summed E-state index contributed by atoms with van der Waals surface area (Å²) >= 11 is 7.38. The lowest BCUT2D eigenvalue weighted by Crippen LogP contribution is -2.32. The van der Waals surface area contributed by atoms with Crippen LogP contribution in [0.5, 0.6) is 0 Å². The van der Waals surface area contributed by atoms with Gasteiger partial charge in [-0.3, -0.25) is 4.79 Å². The summed E-state index contributed by atoms with van der Waals surface area (Å²) in [6.45, 7) is 4.74. The molecule has 1 atom stereocenters. The number of halogens is 1. The SMILES string of the molecule is Cc1c(Cl)cccc1NC(=O)[C@@H](C)Sc1ccc(S(=O)(=O)N2CCCCCC2)cn1. The van der Waals surface area contributed by atoms with Gasteiger partial charge in [0.2, 0.25) is 15.9 Å². The number of carbonyl (C=O) groups excluding carboxylic acids is 1. The molecule has 9 heteroatoms. The van der Waals surface area contributed by atoms with E-state index in [1.54, 1.807) is 41.6 Å². The fraction of sp³-hybridized carbons (Fsp3) is 0.429. The van der Waals surface area contributed by atoms with Gasteiger partial charge < -0.3 is 5.32 Å². The average Bonchev–Trinajstić information content (AvgIpc) is 3.02. The van der Waals surface area contributed by atoms with Crippen LogP contribution < -0.4 is 5.32 Å². The van der Waals surface area contributed by atoms with Gasteiger partial charge in [0.05, 0.1) is 10.3 Å². The maximum atomic E-state index is 12.8. The highest BCUT2D eigenvalue weighted by Gasteiger charge is 2.25. The Labute approximate surface area is 187 Å². The Kier molecular flexibility index (Phi) is 7.79. The number of aromatic nitrogens is 1. The van der Waals surface area contributed by atoms with Crippen molar-refractivity contribution >= 4 is 45.0 Å². The zero-order valence-corrected chi connectivity index (χ0v) is 19.5. The molecule has 1 amide bonds. The zero-order chi connectivity index (χ0) is 21.7. The molecule has 2 aromatic rings. The van der Waals surface area contributed by atoms with Crippen LogP contribution in [0.1, 0.15) is 38.2 Å². The lowest BCUT2D eigenvalue weighted by molar-refractivity contribution is -0.115. The molecule has 1 fully saturated rings. The number of benzene rings is 1. The van der Waals surface area contributed by atoms with E-state index in [1.165, 1.54) is 18.0 Å². The van der Waals surface area contributed by atoms with Crippen LogP contribution in [0.25, 0.3) is 0 Å². The van der Waals surface area contributed by atoms with Gasteiger partial charge in [-0.15, -0.1) is 0 Å². The summed E-state index contributed by atoms with van der Waals surface area (Å²) in [6, 6.07) is 8.59. The highest BCUT2D eigenvalue weighted by molar-refractivity contribution is 8.00. The van der Waals surface area contributed by atoms with Gasteiger partial charge in [-0.1, -0.05) is 42.3 Å². The summed E-state index contributed by atoms with van der Waals surface area (Å²) in [7, 11) is -3.53. The van der Waals surface area contributed by atoms with E-state index < -0.39 is 15.3 Å². The van der Waals surface area contributed by atoms with Crippen molar-refractivity contribution in [3.63, 3.8) is 0 Å². The molecule has 1 saturated heterocycles. The van der Waals surface area contributed by atoms with E-state index in [9.17, 15) is 13.2 Å². The highest BCUT2D eigenvalue weighted by Crippen LogP contribution is 2.27. The van der Waals surface area contributed by atoms with E-state index in [2.05, 4.69) is 10.3 Å². The average molecular weight is 468 g/mol. The fourth-order valence-corrected chi connectivity index (χ4v) is 5.66. The minimum absolute atomic E-state index is 0.173. The standard InChI is InChI=1S/C21H26ClN3O3S2/c1-15-18(22)8-7-9-19(15)24-21(26)16(2)29-20-11-10-17(14-23-20)30(27,28)25-12-5-3-4-6-13-25/h7-11,14,16H,3-6,12-13H2,1-2H3,(H,24,26)/t16-/m1/s1. The third-order valence-corrected chi connectivity index (χ3v) is 8.45. The number of thioether (sulfide) groups is 1. The normalized spacial score (nSPS) is 16.6. The van der Waals surface area contributed by atoms with Crippen molar-refractivity contribution in [2.75, 3.05) is 18.4 Å². The Balaban J connectivity index is 1.64. The summed E-state index contributed by atoms with van der Waals surface area (Å²) in [5, 5.41) is 3.65. The quantitative estimate of drug-likeness (QED) is 0.621. The Morgan fingerprint density at radius 3 is 2.50 bits per heavy atom. The van der Waals surface area contributed by atoms with Gasteiger partial charge in [0.1, 0.15) is 4.90 Å². The first-order valence-corrected chi connectivity index (χ1v) is 12.7. The number of anilines is 1. The molecule has 30 heavy (non-hydrogen) atoms. The summed E-state index contributed by atoms with van der Waals surface area (Å²) in [4.78, 5) is 17.0. The van der Waals surface area contributed by atoms with Crippen LogP contribution in [0.15, 0.2) is 46.5 Å². The lowest BCUT2D eigenvalue weighted by Gasteiger charge is -2.19. The Bertz CT molecular complexity index is 989. The number of nitrogens with one attached hydrogen (secondary N) is 1. The first-order chi connectivity index (χ1) is 14.3. The second kappa shape index (κ2) is 10.1. The molecule has 2 heterocycles. The maximum absolute atomic E-state index is 12.8. The number of hydrogen-bond donors (Lipinski definition) is 1. The van der Waals surface area contributed by atoms with Gasteiger partial charge in [0.15, 0.2) is 0 Å². The van der Waals surface area contributed by atoms with Crippen molar-refractivity contribution in [1.29, 1.82) is 0 Å². The first-order valence-electron chi connectivity index (χ1n) is 9.98. The zero-order valence-electron chi connectivity index (χ0n) is 17.1. The molecular formula is C21H26ClN3O3S2. The molecule has 1 aliphatic rings. The summed E-state index contributed by atoms with van der Waals surface area (Å²) < 4.78 is 27.2. The van der Waals surface area contributed by atoms with Crippen molar-refractivity contribution in [2.45, 2.75) is 54.7 Å². The largest absolute Gasteiger partial charge is 0.325 e. The van der Waals surface area contributed by atoms with Gasteiger partial charge in [0.25, 0.3) is 0 Å². The van der Waals surface area contributed by atoms with Crippen molar-refractivity contribution in [1.82, 2.24) is 9.29 Å². The fourth-order valence-electron chi connectivity index (χ4n) is 3.23. The molecule has 0 saturated carbocycles. The van der Waals surface area contributed by atoms with Crippen molar-refractivity contribution < 1.29 is 13.2 Å². The molecule has 1 aromatic heterocycles. The van der Waals surface area contributed by atoms with E-state index >= 15 is 0 Å². The molecule has 1 aliphatic heterocycles. The van der Waals surface area contributed by atoms with Crippen LogP contribution in [0.4, 0.5) is 5.69 Å². The second-order valence-corrected chi connectivity index (χ2v) is 11.0. The van der Waals surface area contributed by atoms with Crippen LogP contribution in [-0.4, -0.2) is 42.0 Å². The second-order valence-electron chi connectivity index (χ2n) is 7.31. The first kappa shape index (κ1) is 23.1. The van der Waals surface area contributed by atoms with Gasteiger partial charge in [0, 0.05) is 30.0 Å². The number of nitrogens with zero attached hydrogens (tertiary/aromatic N) is 2. The Morgan fingerprint density at radius 1 is 1.17 bits per heavy atom. The molecule has 3 rings (SSSR count). The molecule has 0 bridgehead atoms. The molecule has 0 unspecified atom stereocenters. The minimum Gasteiger partial charge on any atom is -0.325 e. The number of sulfonamides is 1. The van der Waals surface area contributed by atoms with Gasteiger partial charge in [-0.05, 0) is 56.5 Å². The summed E-state index contributed by atoms with van der Waals surface area (Å²) in [5.41, 5.74) is 1.48. The molecule has 162 valence electrons. The van der Waals surface area contributed by atoms with Crippen LogP contribution in [0.3, 0.4) is 0 Å². The van der Waals surface area contributed by atoms with Crippen molar-refractivity contribution in [2.24, 2.45) is 0 Å². The Hall–Kier alpha value is -1.61. The minimum atomic E-state index is -3.53. The van der Waals surface area contributed by atoms with Crippen molar-refractivity contribution in [3.8, 4) is 0 Å². The number of hydrogen-bond acceptors (Lipinski definition) is 5. The van der Waals surface area contributed by atoms with Gasteiger partial charge >= 0.3 is 0 Å². The van der Waals surface area contributed by atoms with E-state index in [-0.39, 0.29) is 10.8 Å². The molecular weight excluding hydrogens is 442 g/mol. The highest BCUT2D eigenvalue weighted by atomic mass is 35.5. The van der Waals surface area contributed by atoms with Crippen LogP contribution in [-0.2, 0) is 14.8 Å². The molecule has 1 N–H and O–H groups in total. The van der Waals surface area contributed by atoms with Crippen molar-refractivity contribution in [3.05, 3.63) is 47.1 Å². The smallest absolute Gasteiger partial charge is 0.244 e. The molecule has 1 aromatic carbocycles. The summed E-state index contributed by atoms with van der Waals surface area (Å²) in [6.07, 6.45) is 5.29. The van der Waals surface area contributed by atoms with E-state index in [0.29, 0.717) is 28.8 Å². The topological polar surface area (TPSA) is 79.4 Å². The Morgan fingerprint density at radius 2 is 1.87 bits per heavy atom. The predicted octanol–water partition coefficient (Wildman–Crippen LogP) is 4.73. The predicted molar refractivity (Wildman–Crippen MR) is 122 cm³/mol. The molecule has 0 radical (unpaired) electrons. The monoisotopic (exact) mass is 467 g/mol. The third-order valence-electron chi connectivity index (χ3n) is 5.10.